The van der Waals surface area contributed by atoms with Crippen molar-refractivity contribution in [3.63, 3.8) is 0 Å². The molecule has 0 heterocycles. The summed E-state index contributed by atoms with van der Waals surface area (Å²) in [5.41, 5.74) is 0.156. The van der Waals surface area contributed by atoms with Crippen LogP contribution in [0.1, 0.15) is 5.56 Å². The van der Waals surface area contributed by atoms with Crippen molar-refractivity contribution in [2.45, 2.75) is 6.61 Å². The predicted molar refractivity (Wildman–Crippen MR) is 75.6 cm³/mol. The van der Waals surface area contributed by atoms with Crippen LogP contribution in [-0.4, -0.2) is 10.0 Å². The van der Waals surface area contributed by atoms with E-state index in [9.17, 15) is 15.2 Å². The number of rotatable bonds is 4. The number of para-hydroxylation sites is 1. The first kappa shape index (κ1) is 14.6. The quantitative estimate of drug-likeness (QED) is 0.678. The molecule has 104 valence electrons. The third-order valence-electron chi connectivity index (χ3n) is 2.55. The number of ether oxygens (including phenoxy) is 1. The Kier molecular flexibility index (Phi) is 4.44. The van der Waals surface area contributed by atoms with Crippen molar-refractivity contribution >= 4 is 28.9 Å². The minimum absolute atomic E-state index is 0.0730. The highest BCUT2D eigenvalue weighted by Crippen LogP contribution is 2.39. The number of nitrogens with zero attached hydrogens (tertiary/aromatic N) is 1. The van der Waals surface area contributed by atoms with Gasteiger partial charge >= 0.3 is 5.69 Å². The summed E-state index contributed by atoms with van der Waals surface area (Å²) in [5.74, 6) is 0.185. The molecule has 0 aromatic heterocycles. The molecule has 0 bridgehead atoms. The number of aliphatic hydroxyl groups excluding tert-OH is 1. The van der Waals surface area contributed by atoms with E-state index in [1.807, 2.05) is 0 Å². The Balaban J connectivity index is 2.47. The first-order valence-electron chi connectivity index (χ1n) is 5.53. The average Bonchev–Trinajstić information content (AvgIpc) is 2.42. The summed E-state index contributed by atoms with van der Waals surface area (Å²) in [6, 6.07) is 8.82. The molecule has 7 heteroatoms. The molecule has 2 aromatic carbocycles. The summed E-state index contributed by atoms with van der Waals surface area (Å²) in [7, 11) is 0. The van der Waals surface area contributed by atoms with Gasteiger partial charge in [-0.3, -0.25) is 10.1 Å². The molecule has 0 unspecified atom stereocenters. The minimum atomic E-state index is -0.588. The Morgan fingerprint density at radius 3 is 2.65 bits per heavy atom. The van der Waals surface area contributed by atoms with Gasteiger partial charge in [0.15, 0.2) is 0 Å². The number of nitro benzene ring substituents is 1. The Labute approximate surface area is 124 Å². The zero-order valence-electron chi connectivity index (χ0n) is 10.0. The summed E-state index contributed by atoms with van der Waals surface area (Å²) >= 11 is 11.7. The van der Waals surface area contributed by atoms with Crippen molar-refractivity contribution in [2.24, 2.45) is 0 Å². The van der Waals surface area contributed by atoms with Crippen LogP contribution in [0.5, 0.6) is 11.5 Å². The fourth-order valence-electron chi connectivity index (χ4n) is 1.62. The molecule has 0 aliphatic heterocycles. The maximum Gasteiger partial charge on any atom is 0.313 e. The monoisotopic (exact) mass is 313 g/mol. The summed E-state index contributed by atoms with van der Waals surface area (Å²) in [6.45, 7) is -0.311. The van der Waals surface area contributed by atoms with Gasteiger partial charge in [-0.05, 0) is 24.3 Å². The van der Waals surface area contributed by atoms with Gasteiger partial charge in [0.2, 0.25) is 5.75 Å². The second-order valence-electron chi connectivity index (χ2n) is 3.86. The largest absolute Gasteiger partial charge is 0.448 e. The normalized spacial score (nSPS) is 10.3. The van der Waals surface area contributed by atoms with Gasteiger partial charge in [0.25, 0.3) is 0 Å². The molecular formula is C13H9Cl2NO4. The van der Waals surface area contributed by atoms with Crippen LogP contribution in [0, 0.1) is 10.1 Å². The third kappa shape index (κ3) is 3.01. The molecular weight excluding hydrogens is 305 g/mol. The zero-order chi connectivity index (χ0) is 14.7. The van der Waals surface area contributed by atoms with Gasteiger partial charge in [-0.15, -0.1) is 0 Å². The van der Waals surface area contributed by atoms with Crippen LogP contribution in [0.25, 0.3) is 0 Å². The van der Waals surface area contributed by atoms with Crippen molar-refractivity contribution < 1.29 is 14.8 Å². The van der Waals surface area contributed by atoms with Crippen LogP contribution in [0.15, 0.2) is 36.4 Å². The lowest BCUT2D eigenvalue weighted by atomic mass is 10.2. The second-order valence-corrected chi connectivity index (χ2v) is 4.70. The highest BCUT2D eigenvalue weighted by molar-refractivity contribution is 6.32. The maximum atomic E-state index is 11.0. The van der Waals surface area contributed by atoms with Crippen LogP contribution >= 0.6 is 23.2 Å². The smallest absolute Gasteiger partial charge is 0.313 e. The first-order chi connectivity index (χ1) is 9.52. The zero-order valence-corrected chi connectivity index (χ0v) is 11.6. The lowest BCUT2D eigenvalue weighted by molar-refractivity contribution is -0.385. The Morgan fingerprint density at radius 2 is 2.00 bits per heavy atom. The van der Waals surface area contributed by atoms with Crippen LogP contribution in [0.3, 0.4) is 0 Å². The summed E-state index contributed by atoms with van der Waals surface area (Å²) < 4.78 is 5.49. The van der Waals surface area contributed by atoms with Crippen molar-refractivity contribution in [1.29, 1.82) is 0 Å². The van der Waals surface area contributed by atoms with Gasteiger partial charge in [0, 0.05) is 16.7 Å². The van der Waals surface area contributed by atoms with E-state index in [-0.39, 0.29) is 28.8 Å². The summed E-state index contributed by atoms with van der Waals surface area (Å²) in [5, 5.41) is 20.8. The average molecular weight is 314 g/mol. The van der Waals surface area contributed by atoms with Crippen LogP contribution in [-0.2, 0) is 6.61 Å². The second kappa shape index (κ2) is 6.09. The lowest BCUT2D eigenvalue weighted by Crippen LogP contribution is -1.96. The Morgan fingerprint density at radius 1 is 1.25 bits per heavy atom. The van der Waals surface area contributed by atoms with Crippen molar-refractivity contribution in [2.75, 3.05) is 0 Å². The minimum Gasteiger partial charge on any atom is -0.448 e. The van der Waals surface area contributed by atoms with E-state index in [0.717, 1.165) is 0 Å². The number of halogens is 2. The fraction of sp³-hybridized carbons (Fsp3) is 0.0769. The van der Waals surface area contributed by atoms with E-state index in [0.29, 0.717) is 10.6 Å². The Hall–Kier alpha value is -1.82. The predicted octanol–water partition coefficient (Wildman–Crippen LogP) is 4.19. The number of aliphatic hydroxyl groups is 1. The highest BCUT2D eigenvalue weighted by Gasteiger charge is 2.20. The van der Waals surface area contributed by atoms with Crippen molar-refractivity contribution in [3.05, 3.63) is 62.1 Å². The molecule has 0 fully saturated rings. The van der Waals surface area contributed by atoms with Crippen LogP contribution in [0.2, 0.25) is 10.0 Å². The van der Waals surface area contributed by atoms with Gasteiger partial charge in [-0.25, -0.2) is 0 Å². The van der Waals surface area contributed by atoms with E-state index < -0.39 is 4.92 Å². The van der Waals surface area contributed by atoms with Gasteiger partial charge in [0.05, 0.1) is 16.6 Å². The molecule has 5 nitrogen and oxygen atoms in total. The fourth-order valence-corrected chi connectivity index (χ4v) is 2.03. The van der Waals surface area contributed by atoms with E-state index in [1.165, 1.54) is 30.3 Å². The molecule has 0 saturated carbocycles. The van der Waals surface area contributed by atoms with Crippen LogP contribution < -0.4 is 4.74 Å². The summed E-state index contributed by atoms with van der Waals surface area (Å²) in [6.07, 6.45) is 0. The van der Waals surface area contributed by atoms with E-state index in [4.69, 9.17) is 27.9 Å². The van der Waals surface area contributed by atoms with Crippen LogP contribution in [0.4, 0.5) is 5.69 Å². The van der Waals surface area contributed by atoms with Gasteiger partial charge in [-0.2, -0.15) is 0 Å². The SMILES string of the molecule is O=[N+]([O-])c1cccc(Cl)c1Oc1ccc(Cl)cc1CO. The molecule has 0 atom stereocenters. The number of benzene rings is 2. The van der Waals surface area contributed by atoms with E-state index in [2.05, 4.69) is 0 Å². The molecule has 2 aromatic rings. The molecule has 0 radical (unpaired) electrons. The molecule has 0 aliphatic rings. The van der Waals surface area contributed by atoms with Crippen molar-refractivity contribution in [3.8, 4) is 11.5 Å². The molecule has 20 heavy (non-hydrogen) atoms. The molecule has 0 amide bonds. The molecule has 0 saturated heterocycles. The number of hydrogen-bond donors (Lipinski definition) is 1. The number of hydrogen-bond acceptors (Lipinski definition) is 4. The van der Waals surface area contributed by atoms with Crippen molar-refractivity contribution in [1.82, 2.24) is 0 Å². The van der Waals surface area contributed by atoms with Gasteiger partial charge < -0.3 is 9.84 Å². The molecule has 0 aliphatic carbocycles. The Bertz CT molecular complexity index is 661. The summed E-state index contributed by atoms with van der Waals surface area (Å²) in [4.78, 5) is 10.4. The van der Waals surface area contributed by atoms with Gasteiger partial charge in [-0.1, -0.05) is 29.3 Å². The molecule has 0 spiro atoms. The lowest BCUT2D eigenvalue weighted by Gasteiger charge is -2.11. The topological polar surface area (TPSA) is 72.6 Å². The number of nitro groups is 1. The third-order valence-corrected chi connectivity index (χ3v) is 3.08. The standard InChI is InChI=1S/C13H9Cl2NO4/c14-9-4-5-12(8(6-9)7-17)20-13-10(15)2-1-3-11(13)16(18)19/h1-6,17H,7H2. The first-order valence-corrected chi connectivity index (χ1v) is 6.28. The van der Waals surface area contributed by atoms with E-state index in [1.54, 1.807) is 6.07 Å². The molecule has 1 N–H and O–H groups in total. The molecule has 2 rings (SSSR count). The highest BCUT2D eigenvalue weighted by atomic mass is 35.5. The maximum absolute atomic E-state index is 11.0. The van der Waals surface area contributed by atoms with Gasteiger partial charge in [0.1, 0.15) is 5.75 Å². The van der Waals surface area contributed by atoms with E-state index >= 15 is 0 Å².